The van der Waals surface area contributed by atoms with Crippen molar-refractivity contribution >= 4 is 43.5 Å². The van der Waals surface area contributed by atoms with Crippen LogP contribution in [0.2, 0.25) is 0 Å². The van der Waals surface area contributed by atoms with Crippen LogP contribution < -0.4 is 5.32 Å². The van der Waals surface area contributed by atoms with Crippen molar-refractivity contribution in [2.24, 2.45) is 5.92 Å². The lowest BCUT2D eigenvalue weighted by molar-refractivity contribution is -0.117. The molecule has 1 aliphatic carbocycles. The second kappa shape index (κ2) is 5.60. The van der Waals surface area contributed by atoms with E-state index in [9.17, 15) is 9.18 Å². The van der Waals surface area contributed by atoms with Gasteiger partial charge >= 0.3 is 0 Å². The number of aryl methyl sites for hydroxylation is 1. The Balaban J connectivity index is 1.50. The zero-order valence-electron chi connectivity index (χ0n) is 13.9. The van der Waals surface area contributed by atoms with Gasteiger partial charge in [-0.25, -0.2) is 9.37 Å². The maximum atomic E-state index is 13.0. The van der Waals surface area contributed by atoms with Gasteiger partial charge in [0, 0.05) is 5.39 Å². The molecule has 5 rings (SSSR count). The minimum Gasteiger partial charge on any atom is -0.302 e. The molecule has 0 bridgehead atoms. The van der Waals surface area contributed by atoms with E-state index in [0.29, 0.717) is 11.6 Å². The van der Waals surface area contributed by atoms with E-state index in [-0.39, 0.29) is 5.91 Å². The molecule has 1 saturated carbocycles. The van der Waals surface area contributed by atoms with Crippen LogP contribution in [0.25, 0.3) is 32.2 Å². The van der Waals surface area contributed by atoms with Crippen LogP contribution in [0.5, 0.6) is 0 Å². The Morgan fingerprint density at radius 1 is 1.35 bits per heavy atom. The number of H-pyrrole nitrogens is 1. The fraction of sp³-hybridized carbons (Fsp3) is 0.211. The first-order valence-corrected chi connectivity index (χ1v) is 9.20. The van der Waals surface area contributed by atoms with Crippen LogP contribution in [-0.2, 0) is 4.79 Å². The molecule has 1 aliphatic rings. The number of carbonyl (C=O) groups is 1. The molecular formula is C19H15FN4OS. The van der Waals surface area contributed by atoms with Gasteiger partial charge in [-0.15, -0.1) is 0 Å². The lowest BCUT2D eigenvalue weighted by atomic mass is 9.98. The van der Waals surface area contributed by atoms with Crippen LogP contribution in [0.15, 0.2) is 36.5 Å². The number of nitrogens with one attached hydrogen (secondary N) is 2. The molecule has 26 heavy (non-hydrogen) atoms. The van der Waals surface area contributed by atoms with Gasteiger partial charge in [0.2, 0.25) is 5.91 Å². The number of rotatable bonds is 3. The predicted molar refractivity (Wildman–Crippen MR) is 101 cm³/mol. The van der Waals surface area contributed by atoms with Crippen LogP contribution in [0.3, 0.4) is 0 Å². The number of anilines is 1. The number of nitrogens with zero attached hydrogens (tertiary/aromatic N) is 2. The summed E-state index contributed by atoms with van der Waals surface area (Å²) < 4.78 is 14.0. The molecule has 0 spiro atoms. The van der Waals surface area contributed by atoms with Gasteiger partial charge in [0.15, 0.2) is 5.13 Å². The van der Waals surface area contributed by atoms with Gasteiger partial charge in [-0.1, -0.05) is 29.5 Å². The molecule has 0 aliphatic heterocycles. The summed E-state index contributed by atoms with van der Waals surface area (Å²) in [4.78, 5) is 16.3. The second-order valence-electron chi connectivity index (χ2n) is 6.62. The van der Waals surface area contributed by atoms with Gasteiger partial charge in [0.1, 0.15) is 6.17 Å². The smallest absolute Gasteiger partial charge is 0.232 e. The molecule has 2 aromatic heterocycles. The second-order valence-corrected chi connectivity index (χ2v) is 7.65. The van der Waals surface area contributed by atoms with E-state index in [1.165, 1.54) is 11.3 Å². The minimum absolute atomic E-state index is 0.280. The van der Waals surface area contributed by atoms with Gasteiger partial charge in [-0.3, -0.25) is 9.89 Å². The zero-order chi connectivity index (χ0) is 17.8. The molecule has 130 valence electrons. The topological polar surface area (TPSA) is 70.7 Å². The number of benzene rings is 2. The highest BCUT2D eigenvalue weighted by Crippen LogP contribution is 2.37. The van der Waals surface area contributed by atoms with Crippen LogP contribution in [0, 0.1) is 12.8 Å². The summed E-state index contributed by atoms with van der Waals surface area (Å²) in [5.74, 6) is -0.793. The van der Waals surface area contributed by atoms with Gasteiger partial charge in [-0.05, 0) is 42.2 Å². The third-order valence-electron chi connectivity index (χ3n) is 4.86. The van der Waals surface area contributed by atoms with Crippen molar-refractivity contribution in [2.75, 3.05) is 5.32 Å². The number of aromatic nitrogens is 3. The lowest BCUT2D eigenvalue weighted by Crippen LogP contribution is -2.14. The number of alkyl halides is 1. The molecule has 2 N–H and O–H groups in total. The number of hydrogen-bond donors (Lipinski definition) is 2. The maximum Gasteiger partial charge on any atom is 0.232 e. The number of thiazole rings is 1. The first-order valence-electron chi connectivity index (χ1n) is 8.39. The lowest BCUT2D eigenvalue weighted by Gasteiger charge is -2.07. The number of carbonyl (C=O) groups excluding carboxylic acids is 1. The third-order valence-corrected chi connectivity index (χ3v) is 5.79. The molecule has 0 saturated heterocycles. The maximum absolute atomic E-state index is 13.0. The summed E-state index contributed by atoms with van der Waals surface area (Å²) in [7, 11) is 0. The number of aromatic amines is 1. The van der Waals surface area contributed by atoms with Crippen LogP contribution in [-0.4, -0.2) is 27.3 Å². The molecule has 0 radical (unpaired) electrons. The van der Waals surface area contributed by atoms with Crippen LogP contribution >= 0.6 is 11.3 Å². The number of halogens is 1. The Morgan fingerprint density at radius 3 is 3.00 bits per heavy atom. The molecule has 1 amide bonds. The van der Waals surface area contributed by atoms with Crippen LogP contribution in [0.1, 0.15) is 12.0 Å². The van der Waals surface area contributed by atoms with E-state index in [1.54, 1.807) is 0 Å². The highest BCUT2D eigenvalue weighted by Gasteiger charge is 2.43. The van der Waals surface area contributed by atoms with Gasteiger partial charge in [0.05, 0.1) is 27.8 Å². The molecule has 1 fully saturated rings. The van der Waals surface area contributed by atoms with Gasteiger partial charge in [-0.2, -0.15) is 5.10 Å². The quantitative estimate of drug-likeness (QED) is 0.563. The van der Waals surface area contributed by atoms with Crippen molar-refractivity contribution in [3.8, 4) is 11.1 Å². The molecular weight excluding hydrogens is 351 g/mol. The van der Waals surface area contributed by atoms with Crippen molar-refractivity contribution in [1.82, 2.24) is 15.2 Å². The molecule has 2 unspecified atom stereocenters. The fourth-order valence-electron chi connectivity index (χ4n) is 3.25. The van der Waals surface area contributed by atoms with Crippen molar-refractivity contribution in [2.45, 2.75) is 19.5 Å². The molecule has 5 nitrogen and oxygen atoms in total. The SMILES string of the molecule is Cc1c(-c2ccc3nc(NC(=O)C4CC4F)sc3c2)ccc2cn[nH]c12. The summed E-state index contributed by atoms with van der Waals surface area (Å²) >= 11 is 1.41. The van der Waals surface area contributed by atoms with Crippen molar-refractivity contribution in [3.05, 3.63) is 42.1 Å². The summed E-state index contributed by atoms with van der Waals surface area (Å²) in [6.45, 7) is 2.07. The van der Waals surface area contributed by atoms with E-state index in [4.69, 9.17) is 0 Å². The van der Waals surface area contributed by atoms with E-state index in [0.717, 1.165) is 37.8 Å². The number of fused-ring (bicyclic) bond motifs is 2. The minimum atomic E-state index is -1.00. The Labute approximate surface area is 152 Å². The fourth-order valence-corrected chi connectivity index (χ4v) is 4.15. The highest BCUT2D eigenvalue weighted by molar-refractivity contribution is 7.22. The largest absolute Gasteiger partial charge is 0.302 e. The molecule has 7 heteroatoms. The predicted octanol–water partition coefficient (Wildman–Crippen LogP) is 4.44. The Kier molecular flexibility index (Phi) is 3.33. The zero-order valence-corrected chi connectivity index (χ0v) is 14.7. The van der Waals surface area contributed by atoms with Crippen LogP contribution in [0.4, 0.5) is 9.52 Å². The highest BCUT2D eigenvalue weighted by atomic mass is 32.1. The molecule has 2 heterocycles. The number of hydrogen-bond acceptors (Lipinski definition) is 4. The van der Waals surface area contributed by atoms with E-state index >= 15 is 0 Å². The van der Waals surface area contributed by atoms with E-state index < -0.39 is 12.1 Å². The molecule has 4 aromatic rings. The monoisotopic (exact) mass is 366 g/mol. The van der Waals surface area contributed by atoms with E-state index in [1.807, 2.05) is 24.4 Å². The summed E-state index contributed by atoms with van der Waals surface area (Å²) in [5, 5.41) is 11.5. The van der Waals surface area contributed by atoms with Gasteiger partial charge in [0.25, 0.3) is 0 Å². The van der Waals surface area contributed by atoms with Crippen molar-refractivity contribution in [3.63, 3.8) is 0 Å². The Bertz CT molecular complexity index is 1160. The summed E-state index contributed by atoms with van der Waals surface area (Å²) in [5.41, 5.74) is 5.20. The Hall–Kier alpha value is -2.80. The normalized spacial score (nSPS) is 19.2. The van der Waals surface area contributed by atoms with Gasteiger partial charge < -0.3 is 5.32 Å². The Morgan fingerprint density at radius 2 is 2.19 bits per heavy atom. The standard InChI is InChI=1S/C19H15FN4OS/c1-9-12(4-2-11-8-21-24-17(9)11)10-3-5-15-16(6-10)26-19(22-15)23-18(25)13-7-14(13)20/h2-6,8,13-14H,7H2,1H3,(H,21,24)(H,22,23,25). The first kappa shape index (κ1) is 15.5. The number of amides is 1. The molecule has 2 aromatic carbocycles. The van der Waals surface area contributed by atoms with Crippen molar-refractivity contribution < 1.29 is 9.18 Å². The summed E-state index contributed by atoms with van der Waals surface area (Å²) in [6, 6.07) is 10.2. The average Bonchev–Trinajstić information content (AvgIpc) is 3.03. The average molecular weight is 366 g/mol. The van der Waals surface area contributed by atoms with E-state index in [2.05, 4.69) is 39.6 Å². The summed E-state index contributed by atoms with van der Waals surface area (Å²) in [6.07, 6.45) is 1.13. The third kappa shape index (κ3) is 2.47. The van der Waals surface area contributed by atoms with Crippen molar-refractivity contribution in [1.29, 1.82) is 0 Å². The molecule has 2 atom stereocenters. The first-order chi connectivity index (χ1) is 12.6.